The second-order valence-electron chi connectivity index (χ2n) is 8.65. The van der Waals surface area contributed by atoms with E-state index in [1.54, 1.807) is 25.6 Å². The number of aliphatic carboxylic acids is 1. The summed E-state index contributed by atoms with van der Waals surface area (Å²) >= 11 is 1.59. The molecule has 2 atom stereocenters. The van der Waals surface area contributed by atoms with E-state index in [0.717, 1.165) is 28.1 Å². The molecule has 4 rings (SSSR count). The van der Waals surface area contributed by atoms with E-state index in [4.69, 9.17) is 14.5 Å². The van der Waals surface area contributed by atoms with Crippen molar-refractivity contribution in [2.75, 3.05) is 33.9 Å². The van der Waals surface area contributed by atoms with Crippen LogP contribution in [-0.2, 0) is 22.4 Å². The number of benzene rings is 1. The fourth-order valence-corrected chi connectivity index (χ4v) is 5.62. The Morgan fingerprint density at radius 1 is 1.21 bits per heavy atom. The SMILES string of the molecule is COc1cc2c(cc1OC)C(CC1CN(C(=O)Cc3cccs3)CCC1CC(=O)O)=NCC2. The summed E-state index contributed by atoms with van der Waals surface area (Å²) in [5, 5.41) is 11.5. The third-order valence-corrected chi connectivity index (χ3v) is 7.52. The normalized spacial score (nSPS) is 20.1. The van der Waals surface area contributed by atoms with Crippen LogP contribution in [0, 0.1) is 11.8 Å². The monoisotopic (exact) mass is 470 g/mol. The molecule has 1 N–H and O–H groups in total. The van der Waals surface area contributed by atoms with Crippen molar-refractivity contribution in [3.63, 3.8) is 0 Å². The van der Waals surface area contributed by atoms with Crippen molar-refractivity contribution < 1.29 is 24.2 Å². The minimum Gasteiger partial charge on any atom is -0.493 e. The molecule has 0 radical (unpaired) electrons. The maximum atomic E-state index is 12.9. The molecule has 0 aliphatic carbocycles. The number of likely N-dealkylation sites (tertiary alicyclic amines) is 1. The number of hydrogen-bond acceptors (Lipinski definition) is 6. The highest BCUT2D eigenvalue weighted by Crippen LogP contribution is 2.36. The Morgan fingerprint density at radius 2 is 2.00 bits per heavy atom. The van der Waals surface area contributed by atoms with Crippen LogP contribution in [-0.4, -0.2) is 61.4 Å². The van der Waals surface area contributed by atoms with Gasteiger partial charge in [-0.1, -0.05) is 6.07 Å². The Bertz CT molecular complexity index is 1030. The Balaban J connectivity index is 1.55. The third kappa shape index (κ3) is 5.38. The van der Waals surface area contributed by atoms with Crippen LogP contribution in [0.25, 0.3) is 0 Å². The van der Waals surface area contributed by atoms with Gasteiger partial charge in [0.15, 0.2) is 11.5 Å². The Kier molecular flexibility index (Phi) is 7.33. The molecule has 2 aromatic rings. The number of amides is 1. The van der Waals surface area contributed by atoms with Gasteiger partial charge in [0.05, 0.1) is 20.6 Å². The summed E-state index contributed by atoms with van der Waals surface area (Å²) in [6, 6.07) is 7.92. The lowest BCUT2D eigenvalue weighted by molar-refractivity contribution is -0.139. The van der Waals surface area contributed by atoms with Crippen molar-refractivity contribution in [3.8, 4) is 11.5 Å². The van der Waals surface area contributed by atoms with Crippen molar-refractivity contribution in [3.05, 3.63) is 45.6 Å². The van der Waals surface area contributed by atoms with Crippen LogP contribution in [0.4, 0.5) is 0 Å². The number of thiophene rings is 1. The second kappa shape index (κ2) is 10.4. The lowest BCUT2D eigenvalue weighted by Gasteiger charge is -2.39. The van der Waals surface area contributed by atoms with Crippen molar-refractivity contribution in [2.45, 2.75) is 32.1 Å². The molecule has 0 spiro atoms. The summed E-state index contributed by atoms with van der Waals surface area (Å²) in [4.78, 5) is 32.3. The first-order valence-electron chi connectivity index (χ1n) is 11.3. The van der Waals surface area contributed by atoms with E-state index in [1.807, 2.05) is 34.5 Å². The first kappa shape index (κ1) is 23.3. The smallest absolute Gasteiger partial charge is 0.303 e. The molecule has 0 bridgehead atoms. The van der Waals surface area contributed by atoms with E-state index in [2.05, 4.69) is 0 Å². The third-order valence-electron chi connectivity index (χ3n) is 6.65. The van der Waals surface area contributed by atoms with Gasteiger partial charge in [-0.05, 0) is 60.2 Å². The molecule has 3 heterocycles. The fourth-order valence-electron chi connectivity index (χ4n) is 4.92. The van der Waals surface area contributed by atoms with Crippen molar-refractivity contribution in [1.29, 1.82) is 0 Å². The highest BCUT2D eigenvalue weighted by molar-refractivity contribution is 7.10. The van der Waals surface area contributed by atoms with Crippen molar-refractivity contribution in [1.82, 2.24) is 4.90 Å². The first-order chi connectivity index (χ1) is 16.0. The Hall–Kier alpha value is -2.87. The van der Waals surface area contributed by atoms with Crippen LogP contribution in [0.1, 0.15) is 35.3 Å². The molecule has 1 amide bonds. The molecule has 8 heteroatoms. The summed E-state index contributed by atoms with van der Waals surface area (Å²) in [7, 11) is 3.24. The molecule has 0 saturated carbocycles. The fraction of sp³-hybridized carbons (Fsp3) is 0.480. The Labute approximate surface area is 198 Å². The first-order valence-corrected chi connectivity index (χ1v) is 12.2. The molecule has 176 valence electrons. The zero-order valence-corrected chi connectivity index (χ0v) is 19.9. The minimum absolute atomic E-state index is 0.0153. The maximum Gasteiger partial charge on any atom is 0.303 e. The largest absolute Gasteiger partial charge is 0.493 e. The number of carbonyl (C=O) groups excluding carboxylic acids is 1. The standard InChI is InChI=1S/C25H30N2O5S/c1-31-22-11-17-5-7-26-21(20(17)14-23(22)32-2)10-18-15-27(8-6-16(18)12-25(29)30)24(28)13-19-4-3-9-33-19/h3-4,9,11,14,16,18H,5-8,10,12-13,15H2,1-2H3,(H,29,30). The zero-order valence-electron chi connectivity index (χ0n) is 19.1. The van der Waals surface area contributed by atoms with Crippen LogP contribution in [0.2, 0.25) is 0 Å². The summed E-state index contributed by atoms with van der Waals surface area (Å²) in [5.74, 6) is 0.726. The average Bonchev–Trinajstić information content (AvgIpc) is 3.32. The predicted molar refractivity (Wildman–Crippen MR) is 128 cm³/mol. The van der Waals surface area contributed by atoms with Gasteiger partial charge in [0.2, 0.25) is 5.91 Å². The lowest BCUT2D eigenvalue weighted by atomic mass is 9.78. The van der Waals surface area contributed by atoms with Crippen LogP contribution >= 0.6 is 11.3 Å². The van der Waals surface area contributed by atoms with Gasteiger partial charge < -0.3 is 19.5 Å². The van der Waals surface area contributed by atoms with Gasteiger partial charge in [0, 0.05) is 42.2 Å². The van der Waals surface area contributed by atoms with Gasteiger partial charge in [0.25, 0.3) is 0 Å². The number of piperidine rings is 1. The number of carboxylic acids is 1. The molecule has 2 unspecified atom stereocenters. The van der Waals surface area contributed by atoms with Gasteiger partial charge in [-0.2, -0.15) is 0 Å². The lowest BCUT2D eigenvalue weighted by Crippen LogP contribution is -2.45. The van der Waals surface area contributed by atoms with Crippen LogP contribution in [0.3, 0.4) is 0 Å². The van der Waals surface area contributed by atoms with Gasteiger partial charge in [-0.3, -0.25) is 14.6 Å². The average molecular weight is 471 g/mol. The zero-order chi connectivity index (χ0) is 23.4. The number of rotatable bonds is 8. The number of nitrogens with zero attached hydrogens (tertiary/aromatic N) is 2. The summed E-state index contributed by atoms with van der Waals surface area (Å²) in [6.45, 7) is 1.85. The molecule has 1 fully saturated rings. The summed E-state index contributed by atoms with van der Waals surface area (Å²) in [6.07, 6.45) is 2.68. The maximum absolute atomic E-state index is 12.9. The molecule has 7 nitrogen and oxygen atoms in total. The van der Waals surface area contributed by atoms with Crippen LogP contribution in [0.5, 0.6) is 11.5 Å². The van der Waals surface area contributed by atoms with Gasteiger partial charge in [-0.25, -0.2) is 0 Å². The molecular weight excluding hydrogens is 440 g/mol. The highest BCUT2D eigenvalue weighted by Gasteiger charge is 2.34. The van der Waals surface area contributed by atoms with Crippen LogP contribution < -0.4 is 9.47 Å². The van der Waals surface area contributed by atoms with Crippen molar-refractivity contribution >= 4 is 28.9 Å². The number of aliphatic imine (C=N–C) groups is 1. The van der Waals surface area contributed by atoms with Crippen LogP contribution in [0.15, 0.2) is 34.6 Å². The molecular formula is C25H30N2O5S. The summed E-state index contributed by atoms with van der Waals surface area (Å²) in [5.41, 5.74) is 3.16. The topological polar surface area (TPSA) is 88.4 Å². The van der Waals surface area contributed by atoms with E-state index in [9.17, 15) is 14.7 Å². The number of carboxylic acid groups (broad SMARTS) is 1. The quantitative estimate of drug-likeness (QED) is 0.636. The number of hydrogen-bond donors (Lipinski definition) is 1. The second-order valence-corrected chi connectivity index (χ2v) is 9.68. The predicted octanol–water partition coefficient (Wildman–Crippen LogP) is 3.68. The van der Waals surface area contributed by atoms with Gasteiger partial charge in [0.1, 0.15) is 0 Å². The Morgan fingerprint density at radius 3 is 2.70 bits per heavy atom. The van der Waals surface area contributed by atoms with E-state index in [-0.39, 0.29) is 24.2 Å². The molecule has 1 aromatic carbocycles. The summed E-state index contributed by atoms with van der Waals surface area (Å²) < 4.78 is 11.0. The number of carbonyl (C=O) groups is 2. The number of ether oxygens (including phenoxy) is 2. The molecule has 1 aromatic heterocycles. The molecule has 33 heavy (non-hydrogen) atoms. The highest BCUT2D eigenvalue weighted by atomic mass is 32.1. The van der Waals surface area contributed by atoms with Gasteiger partial charge in [-0.15, -0.1) is 11.3 Å². The van der Waals surface area contributed by atoms with E-state index in [1.165, 1.54) is 0 Å². The molecule has 2 aliphatic heterocycles. The van der Waals surface area contributed by atoms with Gasteiger partial charge >= 0.3 is 5.97 Å². The van der Waals surface area contributed by atoms with E-state index < -0.39 is 5.97 Å². The molecule has 1 saturated heterocycles. The molecule has 2 aliphatic rings. The van der Waals surface area contributed by atoms with E-state index >= 15 is 0 Å². The van der Waals surface area contributed by atoms with Crippen molar-refractivity contribution in [2.24, 2.45) is 16.8 Å². The van der Waals surface area contributed by atoms with E-state index in [0.29, 0.717) is 50.4 Å². The minimum atomic E-state index is -0.791. The number of fused-ring (bicyclic) bond motifs is 1. The number of methoxy groups -OCH3 is 2.